The molecule has 0 spiro atoms. The third-order valence-corrected chi connectivity index (χ3v) is 3.88. The molecule has 2 nitrogen and oxygen atoms in total. The van der Waals surface area contributed by atoms with E-state index in [-0.39, 0.29) is 0 Å². The summed E-state index contributed by atoms with van der Waals surface area (Å²) in [6.45, 7) is 3.85. The Morgan fingerprint density at radius 1 is 1.00 bits per heavy atom. The van der Waals surface area contributed by atoms with Gasteiger partial charge in [-0.25, -0.2) is 0 Å². The predicted octanol–water partition coefficient (Wildman–Crippen LogP) is 2.62. The molecule has 0 amide bonds. The van der Waals surface area contributed by atoms with Crippen LogP contribution in [-0.2, 0) is 4.79 Å². The third kappa shape index (κ3) is 3.60. The zero-order valence-electron chi connectivity index (χ0n) is 9.71. The quantitative estimate of drug-likeness (QED) is 0.697. The lowest BCUT2D eigenvalue weighted by Crippen LogP contribution is -2.32. The van der Waals surface area contributed by atoms with Gasteiger partial charge in [-0.2, -0.15) is 0 Å². The number of nitrogens with zero attached hydrogens (tertiary/aromatic N) is 1. The van der Waals surface area contributed by atoms with Crippen molar-refractivity contribution in [2.75, 3.05) is 19.6 Å². The number of rotatable bonds is 2. The van der Waals surface area contributed by atoms with Crippen LogP contribution in [0.15, 0.2) is 0 Å². The van der Waals surface area contributed by atoms with Crippen molar-refractivity contribution in [3.05, 3.63) is 0 Å². The Balaban J connectivity index is 1.73. The van der Waals surface area contributed by atoms with Crippen LogP contribution in [0.5, 0.6) is 0 Å². The number of ketones is 1. The number of likely N-dealkylation sites (tertiary alicyclic amines) is 1. The number of hydrogen-bond donors (Lipinski definition) is 0. The van der Waals surface area contributed by atoms with Gasteiger partial charge < -0.3 is 4.90 Å². The number of carbonyl (C=O) groups is 1. The van der Waals surface area contributed by atoms with E-state index >= 15 is 0 Å². The normalized spacial score (nSPS) is 26.5. The van der Waals surface area contributed by atoms with Crippen LogP contribution in [0.25, 0.3) is 0 Å². The summed E-state index contributed by atoms with van der Waals surface area (Å²) in [5.74, 6) is 1.29. The molecule has 0 unspecified atom stereocenters. The van der Waals surface area contributed by atoms with E-state index in [4.69, 9.17) is 0 Å². The average molecular weight is 209 g/mol. The summed E-state index contributed by atoms with van der Waals surface area (Å²) < 4.78 is 0. The highest BCUT2D eigenvalue weighted by molar-refractivity contribution is 5.79. The topological polar surface area (TPSA) is 20.3 Å². The summed E-state index contributed by atoms with van der Waals surface area (Å²) in [5.41, 5.74) is 0. The van der Waals surface area contributed by atoms with Gasteiger partial charge in [0, 0.05) is 19.4 Å². The van der Waals surface area contributed by atoms with Crippen molar-refractivity contribution in [2.24, 2.45) is 5.92 Å². The average Bonchev–Trinajstić information content (AvgIpc) is 2.50. The molecule has 1 aliphatic heterocycles. The largest absolute Gasteiger partial charge is 0.303 e. The standard InChI is InChI=1S/C13H23NO/c15-13-7-5-12(6-8-13)11-14-9-3-1-2-4-10-14/h12H,1-11H2. The van der Waals surface area contributed by atoms with Gasteiger partial charge in [-0.3, -0.25) is 4.79 Å². The highest BCUT2D eigenvalue weighted by Crippen LogP contribution is 2.23. The highest BCUT2D eigenvalue weighted by atomic mass is 16.1. The Hall–Kier alpha value is -0.370. The van der Waals surface area contributed by atoms with E-state index in [9.17, 15) is 4.79 Å². The summed E-state index contributed by atoms with van der Waals surface area (Å²) in [4.78, 5) is 13.8. The Labute approximate surface area is 93.0 Å². The molecule has 15 heavy (non-hydrogen) atoms. The molecule has 0 aromatic carbocycles. The van der Waals surface area contributed by atoms with Crippen LogP contribution >= 0.6 is 0 Å². The molecule has 0 aromatic heterocycles. The number of carbonyl (C=O) groups excluding carboxylic acids is 1. The van der Waals surface area contributed by atoms with Gasteiger partial charge >= 0.3 is 0 Å². The van der Waals surface area contributed by atoms with Crippen molar-refractivity contribution in [1.29, 1.82) is 0 Å². The number of hydrogen-bond acceptors (Lipinski definition) is 2. The van der Waals surface area contributed by atoms with Gasteiger partial charge in [0.15, 0.2) is 0 Å². The monoisotopic (exact) mass is 209 g/mol. The number of Topliss-reactive ketones (excluding diaryl/α,β-unsaturated/α-hetero) is 1. The first kappa shape index (κ1) is 11.1. The molecule has 1 saturated heterocycles. The van der Waals surface area contributed by atoms with E-state index in [1.165, 1.54) is 45.3 Å². The van der Waals surface area contributed by atoms with Gasteiger partial charge in [-0.1, -0.05) is 12.8 Å². The van der Waals surface area contributed by atoms with E-state index in [1.54, 1.807) is 0 Å². The second-order valence-corrected chi connectivity index (χ2v) is 5.20. The molecule has 1 heterocycles. The molecule has 2 rings (SSSR count). The van der Waals surface area contributed by atoms with E-state index < -0.39 is 0 Å². The summed E-state index contributed by atoms with van der Waals surface area (Å²) in [6.07, 6.45) is 9.58. The van der Waals surface area contributed by atoms with Crippen molar-refractivity contribution < 1.29 is 4.79 Å². The fraction of sp³-hybridized carbons (Fsp3) is 0.923. The van der Waals surface area contributed by atoms with E-state index in [1.807, 2.05) is 0 Å². The Kier molecular flexibility index (Phi) is 4.18. The van der Waals surface area contributed by atoms with Crippen molar-refractivity contribution in [3.63, 3.8) is 0 Å². The third-order valence-electron chi connectivity index (χ3n) is 3.88. The SMILES string of the molecule is O=C1CCC(CN2CCCCCC2)CC1. The molecular weight excluding hydrogens is 186 g/mol. The molecule has 2 fully saturated rings. The van der Waals surface area contributed by atoms with Gasteiger partial charge in [-0.05, 0) is 44.7 Å². The minimum Gasteiger partial charge on any atom is -0.303 e. The predicted molar refractivity (Wildman–Crippen MR) is 61.9 cm³/mol. The zero-order valence-corrected chi connectivity index (χ0v) is 9.71. The second-order valence-electron chi connectivity index (χ2n) is 5.20. The molecule has 0 radical (unpaired) electrons. The van der Waals surface area contributed by atoms with Crippen molar-refractivity contribution in [2.45, 2.75) is 51.4 Å². The summed E-state index contributed by atoms with van der Waals surface area (Å²) in [6, 6.07) is 0. The molecule has 0 atom stereocenters. The maximum atomic E-state index is 11.1. The maximum Gasteiger partial charge on any atom is 0.132 e. The van der Waals surface area contributed by atoms with Gasteiger partial charge in [0.05, 0.1) is 0 Å². The van der Waals surface area contributed by atoms with Crippen LogP contribution in [-0.4, -0.2) is 30.3 Å². The second kappa shape index (κ2) is 5.64. The minimum atomic E-state index is 0.488. The van der Waals surface area contributed by atoms with Crippen LogP contribution in [0.4, 0.5) is 0 Å². The lowest BCUT2D eigenvalue weighted by molar-refractivity contribution is -0.121. The fourth-order valence-corrected chi connectivity index (χ4v) is 2.87. The van der Waals surface area contributed by atoms with Gasteiger partial charge in [-0.15, -0.1) is 0 Å². The molecule has 2 aliphatic rings. The first-order valence-electron chi connectivity index (χ1n) is 6.58. The summed E-state index contributed by atoms with van der Waals surface area (Å²) in [5, 5.41) is 0. The molecule has 2 heteroatoms. The Bertz CT molecular complexity index is 197. The van der Waals surface area contributed by atoms with Crippen molar-refractivity contribution in [3.8, 4) is 0 Å². The molecule has 86 valence electrons. The first-order chi connectivity index (χ1) is 7.34. The molecule has 0 N–H and O–H groups in total. The zero-order chi connectivity index (χ0) is 10.5. The smallest absolute Gasteiger partial charge is 0.132 e. The van der Waals surface area contributed by atoms with Crippen LogP contribution in [0.3, 0.4) is 0 Å². The Morgan fingerprint density at radius 3 is 2.20 bits per heavy atom. The summed E-state index contributed by atoms with van der Waals surface area (Å²) >= 11 is 0. The van der Waals surface area contributed by atoms with Gasteiger partial charge in [0.25, 0.3) is 0 Å². The minimum absolute atomic E-state index is 0.488. The first-order valence-corrected chi connectivity index (χ1v) is 6.58. The Morgan fingerprint density at radius 2 is 1.60 bits per heavy atom. The van der Waals surface area contributed by atoms with Crippen molar-refractivity contribution >= 4 is 5.78 Å². The van der Waals surface area contributed by atoms with Crippen LogP contribution < -0.4 is 0 Å². The molecular formula is C13H23NO. The fourth-order valence-electron chi connectivity index (χ4n) is 2.87. The van der Waals surface area contributed by atoms with Crippen LogP contribution in [0.1, 0.15) is 51.4 Å². The van der Waals surface area contributed by atoms with E-state index in [2.05, 4.69) is 4.90 Å². The van der Waals surface area contributed by atoms with E-state index in [0.29, 0.717) is 5.78 Å². The maximum absolute atomic E-state index is 11.1. The summed E-state index contributed by atoms with van der Waals surface area (Å²) in [7, 11) is 0. The van der Waals surface area contributed by atoms with Gasteiger partial charge in [0.2, 0.25) is 0 Å². The molecule has 1 aliphatic carbocycles. The molecule has 0 aromatic rings. The van der Waals surface area contributed by atoms with Crippen LogP contribution in [0, 0.1) is 5.92 Å². The lowest BCUT2D eigenvalue weighted by atomic mass is 9.88. The molecule has 0 bridgehead atoms. The van der Waals surface area contributed by atoms with Crippen LogP contribution in [0.2, 0.25) is 0 Å². The van der Waals surface area contributed by atoms with Gasteiger partial charge in [0.1, 0.15) is 5.78 Å². The molecule has 1 saturated carbocycles. The van der Waals surface area contributed by atoms with Crippen molar-refractivity contribution in [1.82, 2.24) is 4.90 Å². The lowest BCUT2D eigenvalue weighted by Gasteiger charge is -2.28. The highest BCUT2D eigenvalue weighted by Gasteiger charge is 2.21. The van der Waals surface area contributed by atoms with E-state index in [0.717, 1.165) is 31.6 Å².